The van der Waals surface area contributed by atoms with Gasteiger partial charge in [-0.05, 0) is 179 Å². The molecule has 3 aliphatic heterocycles. The van der Waals surface area contributed by atoms with Gasteiger partial charge in [-0.3, -0.25) is 33.0 Å². The van der Waals surface area contributed by atoms with Crippen molar-refractivity contribution >= 4 is 27.5 Å². The first-order valence-electron chi connectivity index (χ1n) is 46.1. The van der Waals surface area contributed by atoms with Crippen LogP contribution in [0, 0.1) is 59.2 Å². The van der Waals surface area contributed by atoms with Gasteiger partial charge in [0.05, 0.1) is 91.5 Å². The molecule has 20 heteroatoms. The molecule has 3 spiro atoms. The average molecular weight is 1700 g/mol. The molecule has 3 saturated heterocycles. The minimum Gasteiger partial charge on any atom is -0.515 e. The van der Waals surface area contributed by atoms with Crippen LogP contribution in [0.1, 0.15) is 248 Å². The number of allylic oxidation sites excluding steroid dienone is 1. The van der Waals surface area contributed by atoms with Gasteiger partial charge in [0.2, 0.25) is 0 Å². The maximum Gasteiger partial charge on any atom is 0.171 e. The highest BCUT2D eigenvalue weighted by Crippen LogP contribution is 2.63. The zero-order valence-corrected chi connectivity index (χ0v) is 76.0. The van der Waals surface area contributed by atoms with E-state index < -0.39 is 0 Å². The zero-order valence-electron chi connectivity index (χ0n) is 74.4. The van der Waals surface area contributed by atoms with Gasteiger partial charge >= 0.3 is 0 Å². The molecule has 8 aromatic rings. The zero-order chi connectivity index (χ0) is 84.2. The van der Waals surface area contributed by atoms with Gasteiger partial charge in [0.25, 0.3) is 0 Å². The Balaban J connectivity index is 0.000000107. The maximum atomic E-state index is 12.7. The third-order valence-electron chi connectivity index (χ3n) is 33.2. The van der Waals surface area contributed by atoms with E-state index in [4.69, 9.17) is 53.9 Å². The SMILES string of the molecule is CC[C@@H]1C(=O)/C(=C\O)C[C@]2(C)c3nn(C)c(-c4ccccc4)c3CC[C@@H]12.CC[C@@H]1C(=O)CC[C@]2(C)c3nn(C)c(-c4ccccc4)c3CC[C@@H]12.CC[C@H]1[C@@H]2CCc3c(nn(C)c3-c3ccccc3)[C@@]2(C)CCC12OCCO2.CC[C@H]1[C@@H]2CCc3c(nn(C)c3Br)[C@@]2(C)CCC12OCCO2.CC[C@H]1[C@@H]2CCc3cn(C)nc3[C@@]2(C)CCC12OCCO2. The van der Waals surface area contributed by atoms with Crippen LogP contribution in [0.2, 0.25) is 0 Å². The second kappa shape index (κ2) is 33.1. The lowest BCUT2D eigenvalue weighted by Crippen LogP contribution is -2.56. The highest BCUT2D eigenvalue weighted by atomic mass is 79.9. The summed E-state index contributed by atoms with van der Waals surface area (Å²) in [5.74, 6) is 3.79. The molecule has 8 fully saturated rings. The number of carbonyl (C=O) groups is 2. The molecular formula is C100H133BrN10O9. The van der Waals surface area contributed by atoms with Gasteiger partial charge in [0.1, 0.15) is 10.4 Å². The third kappa shape index (κ3) is 13.8. The number of hydrogen-bond donors (Lipinski definition) is 1. The summed E-state index contributed by atoms with van der Waals surface area (Å²) in [6, 6.07) is 31.7. The van der Waals surface area contributed by atoms with Crippen LogP contribution in [0.3, 0.4) is 0 Å². The first kappa shape index (κ1) is 85.0. The van der Waals surface area contributed by atoms with E-state index in [0.29, 0.717) is 65.6 Å². The van der Waals surface area contributed by atoms with Crippen LogP contribution in [0.25, 0.3) is 33.8 Å². The van der Waals surface area contributed by atoms with Crippen LogP contribution in [-0.4, -0.2) is 123 Å². The van der Waals surface area contributed by atoms with E-state index in [1.54, 1.807) is 0 Å². The van der Waals surface area contributed by atoms with Crippen LogP contribution >= 0.6 is 15.9 Å². The largest absolute Gasteiger partial charge is 0.515 e. The minimum atomic E-state index is -0.340. The molecule has 1 N–H and O–H groups in total. The number of fused-ring (bicyclic) bond motifs is 15. The number of rotatable bonds is 8. The van der Waals surface area contributed by atoms with E-state index in [2.05, 4.69) is 200 Å². The van der Waals surface area contributed by atoms with Gasteiger partial charge in [-0.25, -0.2) is 0 Å². The van der Waals surface area contributed by atoms with Crippen molar-refractivity contribution in [1.29, 1.82) is 0 Å². The summed E-state index contributed by atoms with van der Waals surface area (Å²) in [7, 11) is 10.2. The summed E-state index contributed by atoms with van der Waals surface area (Å²) in [5, 5.41) is 34.4. The van der Waals surface area contributed by atoms with E-state index in [-0.39, 0.29) is 68.0 Å². The molecule has 0 radical (unpaired) electrons. The molecule has 0 bridgehead atoms. The van der Waals surface area contributed by atoms with E-state index in [0.717, 1.165) is 178 Å². The van der Waals surface area contributed by atoms with E-state index >= 15 is 0 Å². The predicted molar refractivity (Wildman–Crippen MR) is 471 cm³/mol. The molecule has 120 heavy (non-hydrogen) atoms. The Labute approximate surface area is 720 Å². The Kier molecular flexibility index (Phi) is 23.4. The van der Waals surface area contributed by atoms with Crippen LogP contribution in [0.5, 0.6) is 0 Å². The van der Waals surface area contributed by atoms with Gasteiger partial charge in [-0.15, -0.1) is 0 Å². The minimum absolute atomic E-state index is 0.0255. The van der Waals surface area contributed by atoms with E-state index in [9.17, 15) is 14.7 Å². The highest BCUT2D eigenvalue weighted by Gasteiger charge is 2.63. The molecule has 10 aliphatic carbocycles. The number of Topliss-reactive ketones (excluding diaryl/α,β-unsaturated/α-hetero) is 2. The summed E-state index contributed by atoms with van der Waals surface area (Å²) >= 11 is 3.72. The van der Waals surface area contributed by atoms with Crippen molar-refractivity contribution in [2.24, 2.45) is 94.4 Å². The Bertz CT molecular complexity index is 5080. The highest BCUT2D eigenvalue weighted by molar-refractivity contribution is 9.10. The molecule has 0 amide bonds. The summed E-state index contributed by atoms with van der Waals surface area (Å²) in [6.07, 6.45) is 28.0. The van der Waals surface area contributed by atoms with Crippen molar-refractivity contribution in [2.45, 2.75) is 268 Å². The fourth-order valence-electron chi connectivity index (χ4n) is 27.6. The van der Waals surface area contributed by atoms with Crippen molar-refractivity contribution in [3.05, 3.63) is 170 Å². The number of halogens is 1. The molecule has 5 aromatic heterocycles. The Morgan fingerprint density at radius 1 is 0.400 bits per heavy atom. The summed E-state index contributed by atoms with van der Waals surface area (Å²) in [6.45, 7) is 27.5. The number of aliphatic hydroxyl groups is 1. The second-order valence-corrected chi connectivity index (χ2v) is 39.7. The molecule has 19 nitrogen and oxygen atoms in total. The van der Waals surface area contributed by atoms with Gasteiger partial charge in [-0.1, -0.05) is 160 Å². The quantitative estimate of drug-likeness (QED) is 0.111. The number of aryl methyl sites for hydroxylation is 6. The van der Waals surface area contributed by atoms with Crippen molar-refractivity contribution < 1.29 is 43.1 Å². The molecule has 8 heterocycles. The molecule has 15 atom stereocenters. The average Bonchev–Trinajstić information content (AvgIpc) is 1.64. The Morgan fingerprint density at radius 3 is 1.13 bits per heavy atom. The fourth-order valence-corrected chi connectivity index (χ4v) is 28.0. The number of carbonyl (C=O) groups excluding carboxylic acids is 2. The van der Waals surface area contributed by atoms with Crippen molar-refractivity contribution in [2.75, 3.05) is 39.6 Å². The molecule has 0 unspecified atom stereocenters. The van der Waals surface area contributed by atoms with Crippen LogP contribution in [0.15, 0.2) is 114 Å². The molecule has 13 aliphatic rings. The van der Waals surface area contributed by atoms with E-state index in [1.807, 2.05) is 41.3 Å². The Morgan fingerprint density at radius 2 is 0.742 bits per heavy atom. The summed E-state index contributed by atoms with van der Waals surface area (Å²) in [5.41, 5.74) is 21.7. The third-order valence-corrected chi connectivity index (χ3v) is 34.2. The number of hydrogen-bond acceptors (Lipinski definition) is 14. The number of benzene rings is 3. The Hall–Kier alpha value is -7.17. The lowest BCUT2D eigenvalue weighted by molar-refractivity contribution is -0.240. The summed E-state index contributed by atoms with van der Waals surface area (Å²) in [4.78, 5) is 25.1. The topological polar surface area (TPSA) is 199 Å². The van der Waals surface area contributed by atoms with E-state index in [1.165, 1.54) is 104 Å². The molecule has 644 valence electrons. The van der Waals surface area contributed by atoms with Crippen molar-refractivity contribution in [1.82, 2.24) is 48.9 Å². The second-order valence-electron chi connectivity index (χ2n) is 39.0. The fraction of sp³-hybridized carbons (Fsp3) is 0.630. The van der Waals surface area contributed by atoms with Gasteiger partial charge in [-0.2, -0.15) is 25.5 Å². The number of ketones is 2. The normalized spacial score (nSPS) is 32.6. The van der Waals surface area contributed by atoms with Crippen LogP contribution < -0.4 is 0 Å². The molecule has 3 aromatic carbocycles. The standard InChI is InChI=1S/C23H30N2O2.C22H26N2O2.C21H26N2O.C17H25BrN2O2.C17H26N2O2/c1-4-18-19-11-10-17-20(16-8-6-5-7-9-16)25(3)24-21(17)22(19,2)12-13-23(18)26-14-15-27-23;1-4-16-18-11-10-17-19(14-8-6-5-7-9-14)24(3)23-21(17)22(18,2)12-15(13-25)20(16)26;1-4-15-17-11-10-16-19(14-8-6-5-7-9-14)23(3)22-20(16)21(17,2)13-12-18(15)24;1-4-12-13-6-5-11-14(19-20(3)15(11)18)16(13,2)7-8-17(12)21-9-10-22-17;1-4-13-14-6-5-12-11-19(3)18-15(12)16(14,2)7-8-17(13)20-9-10-21-17/h5-9,18-19H,4,10-15H2,1-3H3;5-9,13,16,18,25H,4,10-12H2,1-3H3;5-9,15,17H,4,10-13H2,1-3H3;12-13H,4-10H2,1-3H3;11,13-14H,4-10H2,1-3H3/b;15-13-;;;/t18-,19-,22-;16-,18-,22-;15-,17-,21-;12-,13-,16-;13-,14-,16-/m00000/s1. The van der Waals surface area contributed by atoms with Crippen molar-refractivity contribution in [3.63, 3.8) is 0 Å². The number of nitrogens with zero attached hydrogens (tertiary/aromatic N) is 10. The predicted octanol–water partition coefficient (Wildman–Crippen LogP) is 19.5. The molecule has 5 saturated carbocycles. The van der Waals surface area contributed by atoms with Crippen LogP contribution in [0.4, 0.5) is 0 Å². The van der Waals surface area contributed by atoms with Gasteiger partial charge < -0.3 is 33.5 Å². The first-order chi connectivity index (χ1) is 57.8. The first-order valence-corrected chi connectivity index (χ1v) is 46.9. The van der Waals surface area contributed by atoms with Gasteiger partial charge in [0, 0.05) is 168 Å². The lowest BCUT2D eigenvalue weighted by Gasteiger charge is -2.54. The van der Waals surface area contributed by atoms with Crippen molar-refractivity contribution in [3.8, 4) is 33.8 Å². The lowest BCUT2D eigenvalue weighted by atomic mass is 9.54. The molecular weight excluding hydrogens is 1570 g/mol. The van der Waals surface area contributed by atoms with Gasteiger partial charge in [0.15, 0.2) is 23.1 Å². The number of ether oxygens (including phenoxy) is 6. The number of aliphatic hydroxyl groups excluding tert-OH is 1. The molecule has 21 rings (SSSR count). The smallest absolute Gasteiger partial charge is 0.171 e. The summed E-state index contributed by atoms with van der Waals surface area (Å²) < 4.78 is 48.3. The number of aromatic nitrogens is 10. The van der Waals surface area contributed by atoms with Crippen LogP contribution in [-0.2, 0) is 132 Å². The maximum absolute atomic E-state index is 12.7. The monoisotopic (exact) mass is 1700 g/mol.